The zero-order valence-corrected chi connectivity index (χ0v) is 20.1. The van der Waals surface area contributed by atoms with Crippen molar-refractivity contribution in [2.75, 3.05) is 19.3 Å². The van der Waals surface area contributed by atoms with E-state index in [1.807, 2.05) is 24.3 Å². The topological polar surface area (TPSA) is 44.4 Å². The molecule has 0 saturated carbocycles. The largest absolute Gasteiger partial charge is 0.355 e. The van der Waals surface area contributed by atoms with E-state index in [1.54, 1.807) is 11.8 Å². The fraction of sp³-hybridized carbons (Fsp3) is 0.480. The average molecular weight is 460 g/mol. The summed E-state index contributed by atoms with van der Waals surface area (Å²) in [5.41, 5.74) is 2.34. The van der Waals surface area contributed by atoms with E-state index < -0.39 is 0 Å². The summed E-state index contributed by atoms with van der Waals surface area (Å²) < 4.78 is 0. The highest BCUT2D eigenvalue weighted by atomic mass is 35.5. The van der Waals surface area contributed by atoms with Crippen molar-refractivity contribution in [3.63, 3.8) is 0 Å². The van der Waals surface area contributed by atoms with Crippen LogP contribution >= 0.6 is 23.4 Å². The monoisotopic (exact) mass is 459 g/mol. The minimum absolute atomic E-state index is 0.130. The highest BCUT2D eigenvalue weighted by molar-refractivity contribution is 7.98. The Labute approximate surface area is 196 Å². The Morgan fingerprint density at radius 2 is 1.94 bits per heavy atom. The molecule has 31 heavy (non-hydrogen) atoms. The third-order valence-electron chi connectivity index (χ3n) is 5.87. The standard InChI is InChI=1S/C25H34ClN3OS/c1-3-4-7-14-27-25(30)24-15-21(28-16-19-10-12-22(31-2)13-11-19)18-29(24)17-20-8-5-6-9-23(20)26/h5-6,8-13,21,24,28H,3-4,7,14-18H2,1-2H3,(H,27,30)/t21-,24-/m0/s1. The van der Waals surface area contributed by atoms with Gasteiger partial charge in [0.15, 0.2) is 0 Å². The number of likely N-dealkylation sites (tertiary alicyclic amines) is 1. The van der Waals surface area contributed by atoms with Gasteiger partial charge in [0, 0.05) is 42.1 Å². The molecule has 1 aliphatic heterocycles. The molecule has 2 aromatic carbocycles. The highest BCUT2D eigenvalue weighted by Crippen LogP contribution is 2.25. The SMILES string of the molecule is CCCCCNC(=O)[C@@H]1C[C@H](NCc2ccc(SC)cc2)CN1Cc1ccccc1Cl. The van der Waals surface area contributed by atoms with E-state index in [2.05, 4.69) is 53.0 Å². The van der Waals surface area contributed by atoms with Crippen molar-refractivity contribution in [2.45, 2.75) is 62.7 Å². The fourth-order valence-electron chi connectivity index (χ4n) is 4.05. The van der Waals surface area contributed by atoms with E-state index in [1.165, 1.54) is 10.5 Å². The van der Waals surface area contributed by atoms with Gasteiger partial charge in [-0.3, -0.25) is 9.69 Å². The highest BCUT2D eigenvalue weighted by Gasteiger charge is 2.36. The summed E-state index contributed by atoms with van der Waals surface area (Å²) in [5, 5.41) is 7.58. The van der Waals surface area contributed by atoms with Crippen LogP contribution in [-0.2, 0) is 17.9 Å². The Bertz CT molecular complexity index is 830. The molecular weight excluding hydrogens is 426 g/mol. The van der Waals surface area contributed by atoms with Gasteiger partial charge in [0.05, 0.1) is 6.04 Å². The van der Waals surface area contributed by atoms with Gasteiger partial charge in [-0.2, -0.15) is 0 Å². The number of halogens is 1. The van der Waals surface area contributed by atoms with Gasteiger partial charge in [-0.05, 0) is 48.4 Å². The number of rotatable bonds is 11. The zero-order valence-electron chi connectivity index (χ0n) is 18.6. The molecule has 2 atom stereocenters. The van der Waals surface area contributed by atoms with Crippen LogP contribution in [0.2, 0.25) is 5.02 Å². The molecule has 6 heteroatoms. The van der Waals surface area contributed by atoms with E-state index in [0.29, 0.717) is 6.54 Å². The van der Waals surface area contributed by atoms with Crippen LogP contribution in [0.4, 0.5) is 0 Å². The predicted molar refractivity (Wildman–Crippen MR) is 132 cm³/mol. The van der Waals surface area contributed by atoms with Crippen molar-refractivity contribution in [3.8, 4) is 0 Å². The Kier molecular flexibility index (Phi) is 9.72. The van der Waals surface area contributed by atoms with Gasteiger partial charge < -0.3 is 10.6 Å². The van der Waals surface area contributed by atoms with Crippen LogP contribution in [0, 0.1) is 0 Å². The smallest absolute Gasteiger partial charge is 0.237 e. The number of carbonyl (C=O) groups excluding carboxylic acids is 1. The lowest BCUT2D eigenvalue weighted by atomic mass is 10.1. The van der Waals surface area contributed by atoms with Crippen LogP contribution in [-0.4, -0.2) is 42.2 Å². The number of unbranched alkanes of at least 4 members (excludes halogenated alkanes) is 2. The molecule has 0 spiro atoms. The second kappa shape index (κ2) is 12.5. The maximum Gasteiger partial charge on any atom is 0.237 e. The Morgan fingerprint density at radius 1 is 1.16 bits per heavy atom. The first-order chi connectivity index (χ1) is 15.1. The van der Waals surface area contributed by atoms with Gasteiger partial charge in [0.1, 0.15) is 0 Å². The Balaban J connectivity index is 1.62. The molecule has 4 nitrogen and oxygen atoms in total. The number of thioether (sulfide) groups is 1. The summed E-state index contributed by atoms with van der Waals surface area (Å²) in [6.07, 6.45) is 6.24. The lowest BCUT2D eigenvalue weighted by molar-refractivity contribution is -0.125. The van der Waals surface area contributed by atoms with Crippen molar-refractivity contribution in [2.24, 2.45) is 0 Å². The molecule has 1 fully saturated rings. The quantitative estimate of drug-likeness (QED) is 0.362. The van der Waals surface area contributed by atoms with E-state index >= 15 is 0 Å². The number of amides is 1. The first-order valence-electron chi connectivity index (χ1n) is 11.2. The summed E-state index contributed by atoms with van der Waals surface area (Å²) in [6, 6.07) is 16.7. The van der Waals surface area contributed by atoms with Crippen molar-refractivity contribution in [3.05, 3.63) is 64.7 Å². The molecule has 0 aromatic heterocycles. The van der Waals surface area contributed by atoms with Gasteiger partial charge in [-0.1, -0.05) is 61.7 Å². The zero-order chi connectivity index (χ0) is 22.1. The lowest BCUT2D eigenvalue weighted by Gasteiger charge is -2.24. The second-order valence-electron chi connectivity index (χ2n) is 8.20. The van der Waals surface area contributed by atoms with Gasteiger partial charge in [0.2, 0.25) is 5.91 Å². The molecule has 2 aromatic rings. The first-order valence-corrected chi connectivity index (χ1v) is 12.8. The van der Waals surface area contributed by atoms with E-state index in [0.717, 1.165) is 55.9 Å². The van der Waals surface area contributed by atoms with Crippen molar-refractivity contribution in [1.29, 1.82) is 0 Å². The second-order valence-corrected chi connectivity index (χ2v) is 9.48. The molecular formula is C25H34ClN3OS. The van der Waals surface area contributed by atoms with E-state index in [9.17, 15) is 4.79 Å². The third-order valence-corrected chi connectivity index (χ3v) is 6.98. The maximum atomic E-state index is 13.0. The maximum absolute atomic E-state index is 13.0. The summed E-state index contributed by atoms with van der Waals surface area (Å²) in [7, 11) is 0. The van der Waals surface area contributed by atoms with Crippen molar-refractivity contribution < 1.29 is 4.79 Å². The van der Waals surface area contributed by atoms with Crippen LogP contribution in [0.3, 0.4) is 0 Å². The minimum Gasteiger partial charge on any atom is -0.355 e. The number of hydrogen-bond acceptors (Lipinski definition) is 4. The van der Waals surface area contributed by atoms with E-state index in [4.69, 9.17) is 11.6 Å². The molecule has 168 valence electrons. The van der Waals surface area contributed by atoms with Crippen molar-refractivity contribution >= 4 is 29.3 Å². The molecule has 2 N–H and O–H groups in total. The van der Waals surface area contributed by atoms with Gasteiger partial charge in [-0.15, -0.1) is 11.8 Å². The molecule has 0 unspecified atom stereocenters. The van der Waals surface area contributed by atoms with Crippen molar-refractivity contribution in [1.82, 2.24) is 15.5 Å². The number of benzene rings is 2. The molecule has 1 aliphatic rings. The summed E-state index contributed by atoms with van der Waals surface area (Å²) in [5.74, 6) is 0.136. The van der Waals surface area contributed by atoms with Gasteiger partial charge in [0.25, 0.3) is 0 Å². The molecule has 0 aliphatic carbocycles. The van der Waals surface area contributed by atoms with Crippen LogP contribution in [0.15, 0.2) is 53.4 Å². The van der Waals surface area contributed by atoms with Crippen LogP contribution in [0.5, 0.6) is 0 Å². The van der Waals surface area contributed by atoms with Crippen LogP contribution < -0.4 is 10.6 Å². The van der Waals surface area contributed by atoms with Crippen LogP contribution in [0.25, 0.3) is 0 Å². The first kappa shape index (κ1) is 24.1. The normalized spacial score (nSPS) is 18.9. The van der Waals surface area contributed by atoms with Gasteiger partial charge in [-0.25, -0.2) is 0 Å². The minimum atomic E-state index is -0.130. The number of nitrogens with one attached hydrogen (secondary N) is 2. The lowest BCUT2D eigenvalue weighted by Crippen LogP contribution is -2.43. The molecule has 1 amide bonds. The van der Waals surface area contributed by atoms with Crippen LogP contribution in [0.1, 0.15) is 43.7 Å². The average Bonchev–Trinajstić information content (AvgIpc) is 3.20. The molecule has 1 saturated heterocycles. The van der Waals surface area contributed by atoms with Gasteiger partial charge >= 0.3 is 0 Å². The molecule has 0 bridgehead atoms. The Morgan fingerprint density at radius 3 is 2.65 bits per heavy atom. The fourth-order valence-corrected chi connectivity index (χ4v) is 4.66. The molecule has 1 heterocycles. The third kappa shape index (κ3) is 7.25. The molecule has 0 radical (unpaired) electrons. The number of nitrogens with zero attached hydrogens (tertiary/aromatic N) is 1. The molecule has 3 rings (SSSR count). The number of hydrogen-bond donors (Lipinski definition) is 2. The summed E-state index contributed by atoms with van der Waals surface area (Å²) in [4.78, 5) is 16.5. The Hall–Kier alpha value is -1.53. The summed E-state index contributed by atoms with van der Waals surface area (Å²) >= 11 is 8.16. The number of carbonyl (C=O) groups is 1. The predicted octanol–water partition coefficient (Wildman–Crippen LogP) is 5.10. The van der Waals surface area contributed by atoms with E-state index in [-0.39, 0.29) is 18.0 Å². The summed E-state index contributed by atoms with van der Waals surface area (Å²) in [6.45, 7) is 5.26.